The van der Waals surface area contributed by atoms with Gasteiger partial charge in [-0.15, -0.1) is 11.3 Å². The van der Waals surface area contributed by atoms with Gasteiger partial charge in [0.25, 0.3) is 0 Å². The van der Waals surface area contributed by atoms with Gasteiger partial charge in [-0.05, 0) is 55.3 Å². The van der Waals surface area contributed by atoms with Gasteiger partial charge in [-0.2, -0.15) is 0 Å². The molecule has 0 fully saturated rings. The molecular formula is C22H23NO5S. The number of hydrogen-bond acceptors (Lipinski definition) is 7. The van der Waals surface area contributed by atoms with E-state index in [4.69, 9.17) is 18.9 Å². The molecular weight excluding hydrogens is 390 g/mol. The van der Waals surface area contributed by atoms with Crippen LogP contribution < -0.4 is 14.2 Å². The second kappa shape index (κ2) is 9.43. The second-order valence-corrected chi connectivity index (χ2v) is 7.34. The zero-order valence-corrected chi connectivity index (χ0v) is 17.7. The van der Waals surface area contributed by atoms with Crippen LogP contribution in [0.15, 0.2) is 41.8 Å². The molecule has 7 heteroatoms. The molecule has 0 aliphatic rings. The Balaban J connectivity index is 1.55. The summed E-state index contributed by atoms with van der Waals surface area (Å²) >= 11 is 1.47. The van der Waals surface area contributed by atoms with E-state index in [9.17, 15) is 4.79 Å². The Bertz CT molecular complexity index is 978. The number of hydrogen-bond donors (Lipinski definition) is 0. The molecule has 152 valence electrons. The maximum atomic E-state index is 12.0. The number of esters is 1. The van der Waals surface area contributed by atoms with Crippen LogP contribution in [0.5, 0.6) is 17.2 Å². The third kappa shape index (κ3) is 5.48. The van der Waals surface area contributed by atoms with Gasteiger partial charge in [0.05, 0.1) is 19.9 Å². The monoisotopic (exact) mass is 413 g/mol. The topological polar surface area (TPSA) is 66.9 Å². The highest BCUT2D eigenvalue weighted by Crippen LogP contribution is 2.33. The van der Waals surface area contributed by atoms with Gasteiger partial charge in [0.2, 0.25) is 0 Å². The number of thiazole rings is 1. The molecule has 0 aliphatic carbocycles. The van der Waals surface area contributed by atoms with Gasteiger partial charge in [0.15, 0.2) is 18.1 Å². The van der Waals surface area contributed by atoms with E-state index in [2.05, 4.69) is 4.98 Å². The number of aromatic nitrogens is 1. The average molecular weight is 413 g/mol. The van der Waals surface area contributed by atoms with Crippen LogP contribution in [0.4, 0.5) is 0 Å². The van der Waals surface area contributed by atoms with Crippen molar-refractivity contribution in [2.24, 2.45) is 0 Å². The van der Waals surface area contributed by atoms with Gasteiger partial charge >= 0.3 is 5.97 Å². The van der Waals surface area contributed by atoms with Crippen molar-refractivity contribution < 1.29 is 23.7 Å². The standard InChI is InChI=1S/C22H23NO5S/c1-14-7-15(2)9-18(8-14)27-12-21(24)28-11-17-13-29-22(23-17)16-5-6-19(25-3)20(10-16)26-4/h5-10,13H,11-12H2,1-4H3. The number of benzene rings is 2. The van der Waals surface area contributed by atoms with Crippen molar-refractivity contribution in [2.75, 3.05) is 20.8 Å². The SMILES string of the molecule is COc1ccc(-c2nc(COC(=O)COc3cc(C)cc(C)c3)cs2)cc1OC. The zero-order chi connectivity index (χ0) is 20.8. The molecule has 29 heavy (non-hydrogen) atoms. The number of carbonyl (C=O) groups is 1. The van der Waals surface area contributed by atoms with Gasteiger partial charge in [-0.25, -0.2) is 9.78 Å². The Morgan fingerprint density at radius 1 is 1.00 bits per heavy atom. The number of carbonyl (C=O) groups excluding carboxylic acids is 1. The van der Waals surface area contributed by atoms with Crippen LogP contribution >= 0.6 is 11.3 Å². The molecule has 0 radical (unpaired) electrons. The molecule has 6 nitrogen and oxygen atoms in total. The summed E-state index contributed by atoms with van der Waals surface area (Å²) in [6.45, 7) is 3.92. The normalized spacial score (nSPS) is 10.5. The van der Waals surface area contributed by atoms with E-state index in [1.165, 1.54) is 11.3 Å². The Labute approximate surface area is 174 Å². The van der Waals surface area contributed by atoms with Crippen molar-refractivity contribution in [3.05, 3.63) is 58.6 Å². The summed E-state index contributed by atoms with van der Waals surface area (Å²) in [5.74, 6) is 1.51. The van der Waals surface area contributed by atoms with Gasteiger partial charge in [0, 0.05) is 10.9 Å². The number of rotatable bonds is 8. The lowest BCUT2D eigenvalue weighted by molar-refractivity contribution is -0.147. The maximum Gasteiger partial charge on any atom is 0.344 e. The first-order valence-corrected chi connectivity index (χ1v) is 9.90. The number of aryl methyl sites for hydroxylation is 2. The van der Waals surface area contributed by atoms with E-state index in [-0.39, 0.29) is 13.2 Å². The van der Waals surface area contributed by atoms with Crippen LogP contribution in [0.25, 0.3) is 10.6 Å². The fourth-order valence-electron chi connectivity index (χ4n) is 2.83. The van der Waals surface area contributed by atoms with Gasteiger partial charge in [-0.3, -0.25) is 0 Å². The van der Waals surface area contributed by atoms with Crippen molar-refractivity contribution in [3.63, 3.8) is 0 Å². The summed E-state index contributed by atoms with van der Waals surface area (Å²) < 4.78 is 21.4. The molecule has 0 saturated carbocycles. The molecule has 0 unspecified atom stereocenters. The molecule has 1 aromatic heterocycles. The zero-order valence-electron chi connectivity index (χ0n) is 16.9. The highest BCUT2D eigenvalue weighted by atomic mass is 32.1. The number of methoxy groups -OCH3 is 2. The second-order valence-electron chi connectivity index (χ2n) is 6.49. The van der Waals surface area contributed by atoms with E-state index in [0.717, 1.165) is 21.7 Å². The predicted molar refractivity (Wildman–Crippen MR) is 112 cm³/mol. The largest absolute Gasteiger partial charge is 0.493 e. The minimum atomic E-state index is -0.440. The fraction of sp³-hybridized carbons (Fsp3) is 0.273. The minimum absolute atomic E-state index is 0.0961. The van der Waals surface area contributed by atoms with E-state index in [1.54, 1.807) is 14.2 Å². The quantitative estimate of drug-likeness (QED) is 0.504. The van der Waals surface area contributed by atoms with Crippen LogP contribution in [-0.4, -0.2) is 31.8 Å². The minimum Gasteiger partial charge on any atom is -0.493 e. The molecule has 0 N–H and O–H groups in total. The summed E-state index contributed by atoms with van der Waals surface area (Å²) in [5.41, 5.74) is 3.75. The first-order chi connectivity index (χ1) is 14.0. The summed E-state index contributed by atoms with van der Waals surface area (Å²) in [7, 11) is 3.19. The number of ether oxygens (including phenoxy) is 4. The van der Waals surface area contributed by atoms with E-state index >= 15 is 0 Å². The van der Waals surface area contributed by atoms with Crippen molar-refractivity contribution in [1.29, 1.82) is 0 Å². The van der Waals surface area contributed by atoms with Crippen molar-refractivity contribution in [2.45, 2.75) is 20.5 Å². The fourth-order valence-corrected chi connectivity index (χ4v) is 3.63. The third-order valence-corrected chi connectivity index (χ3v) is 5.06. The lowest BCUT2D eigenvalue weighted by Gasteiger charge is -2.08. The van der Waals surface area contributed by atoms with E-state index in [0.29, 0.717) is 22.9 Å². The molecule has 0 amide bonds. The van der Waals surface area contributed by atoms with E-state index in [1.807, 2.05) is 55.6 Å². The Kier molecular flexibility index (Phi) is 6.72. The van der Waals surface area contributed by atoms with Gasteiger partial charge < -0.3 is 18.9 Å². The molecule has 3 rings (SSSR count). The van der Waals surface area contributed by atoms with Crippen LogP contribution in [0.1, 0.15) is 16.8 Å². The third-order valence-electron chi connectivity index (χ3n) is 4.12. The Morgan fingerprint density at radius 2 is 1.72 bits per heavy atom. The smallest absolute Gasteiger partial charge is 0.344 e. The number of nitrogens with zero attached hydrogens (tertiary/aromatic N) is 1. The summed E-state index contributed by atoms with van der Waals surface area (Å²) in [6.07, 6.45) is 0. The lowest BCUT2D eigenvalue weighted by Crippen LogP contribution is -2.15. The Hall–Kier alpha value is -3.06. The van der Waals surface area contributed by atoms with Gasteiger partial charge in [-0.1, -0.05) is 6.07 Å². The molecule has 0 atom stereocenters. The summed E-state index contributed by atoms with van der Waals surface area (Å²) in [4.78, 5) is 16.5. The summed E-state index contributed by atoms with van der Waals surface area (Å²) in [5, 5.41) is 2.67. The van der Waals surface area contributed by atoms with Crippen LogP contribution in [-0.2, 0) is 16.1 Å². The molecule has 0 aliphatic heterocycles. The van der Waals surface area contributed by atoms with Crippen LogP contribution in [0.2, 0.25) is 0 Å². The van der Waals surface area contributed by atoms with E-state index < -0.39 is 5.97 Å². The predicted octanol–water partition coefficient (Wildman–Crippen LogP) is 4.57. The lowest BCUT2D eigenvalue weighted by atomic mass is 10.1. The molecule has 3 aromatic rings. The summed E-state index contributed by atoms with van der Waals surface area (Å²) in [6, 6.07) is 11.4. The van der Waals surface area contributed by atoms with Gasteiger partial charge in [0.1, 0.15) is 17.4 Å². The molecule has 1 heterocycles. The molecule has 0 saturated heterocycles. The Morgan fingerprint density at radius 3 is 2.41 bits per heavy atom. The molecule has 2 aromatic carbocycles. The van der Waals surface area contributed by atoms with Crippen molar-refractivity contribution >= 4 is 17.3 Å². The first kappa shape index (κ1) is 20.7. The molecule has 0 bridgehead atoms. The highest BCUT2D eigenvalue weighted by molar-refractivity contribution is 7.13. The highest BCUT2D eigenvalue weighted by Gasteiger charge is 2.11. The van der Waals surface area contributed by atoms with Crippen molar-refractivity contribution in [1.82, 2.24) is 4.98 Å². The van der Waals surface area contributed by atoms with Crippen molar-refractivity contribution in [3.8, 4) is 27.8 Å². The molecule has 0 spiro atoms. The average Bonchev–Trinajstić information content (AvgIpc) is 3.18. The van der Waals surface area contributed by atoms with Crippen LogP contribution in [0, 0.1) is 13.8 Å². The maximum absolute atomic E-state index is 12.0. The van der Waals surface area contributed by atoms with Crippen LogP contribution in [0.3, 0.4) is 0 Å². The first-order valence-electron chi connectivity index (χ1n) is 9.02.